The third-order valence-electron chi connectivity index (χ3n) is 3.66. The second kappa shape index (κ2) is 12.4. The topological polar surface area (TPSA) is 70.2 Å². The van der Waals surface area contributed by atoms with E-state index in [0.29, 0.717) is 12.1 Å². The summed E-state index contributed by atoms with van der Waals surface area (Å²) in [5, 5.41) is 8.92. The molecule has 2 aromatic rings. The minimum absolute atomic E-state index is 0. The molecular formula is C20H26ClN3O2S. The number of carbonyl (C=O) groups is 2. The number of amides is 2. The number of thioether (sulfide) groups is 1. The first-order valence-electron chi connectivity index (χ1n) is 8.67. The fourth-order valence-corrected chi connectivity index (χ4v) is 3.14. The zero-order chi connectivity index (χ0) is 18.8. The maximum absolute atomic E-state index is 12.3. The van der Waals surface area contributed by atoms with Crippen LogP contribution in [0.15, 0.2) is 53.4 Å². The molecule has 5 nitrogen and oxygen atoms in total. The number of rotatable bonds is 9. The van der Waals surface area contributed by atoms with E-state index in [-0.39, 0.29) is 30.0 Å². The van der Waals surface area contributed by atoms with Gasteiger partial charge in [0, 0.05) is 23.7 Å². The van der Waals surface area contributed by atoms with Gasteiger partial charge in [-0.3, -0.25) is 9.59 Å². The van der Waals surface area contributed by atoms with Crippen LogP contribution in [-0.2, 0) is 4.79 Å². The Morgan fingerprint density at radius 3 is 2.41 bits per heavy atom. The van der Waals surface area contributed by atoms with Crippen molar-refractivity contribution < 1.29 is 9.59 Å². The fourth-order valence-electron chi connectivity index (χ4n) is 2.29. The zero-order valence-electron chi connectivity index (χ0n) is 15.6. The zero-order valence-corrected chi connectivity index (χ0v) is 17.2. The van der Waals surface area contributed by atoms with E-state index in [0.717, 1.165) is 29.2 Å². The summed E-state index contributed by atoms with van der Waals surface area (Å²) in [6.45, 7) is 6.20. The maximum atomic E-state index is 12.3. The fraction of sp³-hybridized carbons (Fsp3) is 0.300. The maximum Gasteiger partial charge on any atom is 0.252 e. The average molecular weight is 408 g/mol. The first kappa shape index (κ1) is 23.0. The Labute approximate surface area is 171 Å². The molecule has 0 aromatic heterocycles. The van der Waals surface area contributed by atoms with Crippen molar-refractivity contribution in [1.29, 1.82) is 0 Å². The Bertz CT molecular complexity index is 738. The van der Waals surface area contributed by atoms with Crippen molar-refractivity contribution in [2.75, 3.05) is 30.7 Å². The van der Waals surface area contributed by atoms with Crippen LogP contribution in [0.25, 0.3) is 0 Å². The summed E-state index contributed by atoms with van der Waals surface area (Å²) in [5.41, 5.74) is 2.51. The molecule has 2 rings (SSSR count). The number of carbonyl (C=O) groups excluding carboxylic acids is 2. The van der Waals surface area contributed by atoms with Gasteiger partial charge in [-0.1, -0.05) is 36.8 Å². The Balaban J connectivity index is 0.00000364. The minimum Gasteiger partial charge on any atom is -0.351 e. The quantitative estimate of drug-likeness (QED) is 0.439. The highest BCUT2D eigenvalue weighted by molar-refractivity contribution is 8.00. The van der Waals surface area contributed by atoms with Gasteiger partial charge in [-0.15, -0.1) is 24.2 Å². The van der Waals surface area contributed by atoms with Gasteiger partial charge < -0.3 is 16.0 Å². The first-order chi connectivity index (χ1) is 12.6. The van der Waals surface area contributed by atoms with Gasteiger partial charge in [0.2, 0.25) is 5.91 Å². The molecule has 0 aliphatic carbocycles. The molecule has 146 valence electrons. The monoisotopic (exact) mass is 407 g/mol. The van der Waals surface area contributed by atoms with E-state index in [2.05, 4.69) is 16.0 Å². The molecule has 0 heterocycles. The number of aryl methyl sites for hydroxylation is 1. The van der Waals surface area contributed by atoms with Crippen LogP contribution >= 0.6 is 24.2 Å². The molecule has 0 atom stereocenters. The van der Waals surface area contributed by atoms with Gasteiger partial charge in [0.15, 0.2) is 0 Å². The lowest BCUT2D eigenvalue weighted by Crippen LogP contribution is -2.32. The third-order valence-corrected chi connectivity index (χ3v) is 4.74. The summed E-state index contributed by atoms with van der Waals surface area (Å²) in [6, 6.07) is 15.0. The Morgan fingerprint density at radius 2 is 1.70 bits per heavy atom. The van der Waals surface area contributed by atoms with Crippen LogP contribution in [0.2, 0.25) is 0 Å². The van der Waals surface area contributed by atoms with Crippen LogP contribution in [0.4, 0.5) is 5.69 Å². The average Bonchev–Trinajstić information content (AvgIpc) is 2.65. The van der Waals surface area contributed by atoms with E-state index < -0.39 is 0 Å². The molecular weight excluding hydrogens is 382 g/mol. The standard InChI is InChI=1S/C20H25N3O2S.ClH/c1-3-21-12-13-22-20(25)17-6-4-5-7-18(17)26-14-19(24)23-16-10-8-15(2)9-11-16;/h4-11,21H,3,12-14H2,1-2H3,(H,22,25)(H,23,24);1H. The van der Waals surface area contributed by atoms with E-state index in [1.807, 2.05) is 56.3 Å². The van der Waals surface area contributed by atoms with E-state index in [9.17, 15) is 9.59 Å². The second-order valence-electron chi connectivity index (χ2n) is 5.81. The van der Waals surface area contributed by atoms with Crippen molar-refractivity contribution in [2.24, 2.45) is 0 Å². The van der Waals surface area contributed by atoms with Crippen molar-refractivity contribution in [2.45, 2.75) is 18.7 Å². The summed E-state index contributed by atoms with van der Waals surface area (Å²) >= 11 is 1.36. The largest absolute Gasteiger partial charge is 0.351 e. The number of benzene rings is 2. The highest BCUT2D eigenvalue weighted by Gasteiger charge is 2.12. The number of nitrogens with one attached hydrogen (secondary N) is 3. The van der Waals surface area contributed by atoms with E-state index in [1.165, 1.54) is 11.8 Å². The predicted octanol–water partition coefficient (Wildman–Crippen LogP) is 3.49. The minimum atomic E-state index is -0.120. The normalized spacial score (nSPS) is 10.0. The molecule has 7 heteroatoms. The number of likely N-dealkylation sites (N-methyl/N-ethyl adjacent to an activating group) is 1. The molecule has 2 aromatic carbocycles. The Hall–Kier alpha value is -2.02. The second-order valence-corrected chi connectivity index (χ2v) is 6.83. The van der Waals surface area contributed by atoms with Crippen LogP contribution in [0, 0.1) is 6.92 Å². The van der Waals surface area contributed by atoms with Crippen LogP contribution < -0.4 is 16.0 Å². The van der Waals surface area contributed by atoms with Crippen molar-refractivity contribution in [3.63, 3.8) is 0 Å². The number of anilines is 1. The van der Waals surface area contributed by atoms with Gasteiger partial charge >= 0.3 is 0 Å². The van der Waals surface area contributed by atoms with Crippen molar-refractivity contribution >= 4 is 41.7 Å². The summed E-state index contributed by atoms with van der Waals surface area (Å²) in [5.74, 6) is 0.0291. The molecule has 0 spiro atoms. The molecule has 3 N–H and O–H groups in total. The van der Waals surface area contributed by atoms with Gasteiger partial charge in [0.25, 0.3) is 5.91 Å². The van der Waals surface area contributed by atoms with Crippen LogP contribution in [-0.4, -0.2) is 37.2 Å². The van der Waals surface area contributed by atoms with Gasteiger partial charge in [0.1, 0.15) is 0 Å². The lowest BCUT2D eigenvalue weighted by atomic mass is 10.2. The van der Waals surface area contributed by atoms with E-state index >= 15 is 0 Å². The molecule has 2 amide bonds. The van der Waals surface area contributed by atoms with Crippen LogP contribution in [0.5, 0.6) is 0 Å². The number of hydrogen-bond donors (Lipinski definition) is 3. The molecule has 0 bridgehead atoms. The number of hydrogen-bond acceptors (Lipinski definition) is 4. The van der Waals surface area contributed by atoms with Crippen LogP contribution in [0.3, 0.4) is 0 Å². The Morgan fingerprint density at radius 1 is 1.00 bits per heavy atom. The highest BCUT2D eigenvalue weighted by Crippen LogP contribution is 2.23. The smallest absolute Gasteiger partial charge is 0.252 e. The number of halogens is 1. The van der Waals surface area contributed by atoms with Crippen molar-refractivity contribution in [3.05, 3.63) is 59.7 Å². The summed E-state index contributed by atoms with van der Waals surface area (Å²) in [4.78, 5) is 25.3. The lowest BCUT2D eigenvalue weighted by Gasteiger charge is -2.10. The Kier molecular flexibility index (Phi) is 10.6. The predicted molar refractivity (Wildman–Crippen MR) is 115 cm³/mol. The summed E-state index contributed by atoms with van der Waals surface area (Å²) in [7, 11) is 0. The van der Waals surface area contributed by atoms with Crippen molar-refractivity contribution in [3.8, 4) is 0 Å². The molecule has 0 saturated carbocycles. The van der Waals surface area contributed by atoms with Gasteiger partial charge in [-0.25, -0.2) is 0 Å². The van der Waals surface area contributed by atoms with Gasteiger partial charge in [-0.2, -0.15) is 0 Å². The summed E-state index contributed by atoms with van der Waals surface area (Å²) < 4.78 is 0. The van der Waals surface area contributed by atoms with Crippen molar-refractivity contribution in [1.82, 2.24) is 10.6 Å². The van der Waals surface area contributed by atoms with Gasteiger partial charge in [0.05, 0.1) is 11.3 Å². The molecule has 0 unspecified atom stereocenters. The molecule has 0 radical (unpaired) electrons. The highest BCUT2D eigenvalue weighted by atomic mass is 35.5. The SMILES string of the molecule is CCNCCNC(=O)c1ccccc1SCC(=O)Nc1ccc(C)cc1.Cl. The van der Waals surface area contributed by atoms with E-state index in [1.54, 1.807) is 6.07 Å². The van der Waals surface area contributed by atoms with Crippen LogP contribution in [0.1, 0.15) is 22.8 Å². The van der Waals surface area contributed by atoms with E-state index in [4.69, 9.17) is 0 Å². The molecule has 0 fully saturated rings. The van der Waals surface area contributed by atoms with Gasteiger partial charge in [-0.05, 0) is 37.7 Å². The third kappa shape index (κ3) is 8.03. The molecule has 27 heavy (non-hydrogen) atoms. The molecule has 0 aliphatic rings. The first-order valence-corrected chi connectivity index (χ1v) is 9.66. The summed E-state index contributed by atoms with van der Waals surface area (Å²) in [6.07, 6.45) is 0. The molecule has 0 saturated heterocycles. The lowest BCUT2D eigenvalue weighted by molar-refractivity contribution is -0.113. The molecule has 0 aliphatic heterocycles.